The normalized spacial score (nSPS) is 11.0. The third-order valence-electron chi connectivity index (χ3n) is 3.82. The predicted octanol–water partition coefficient (Wildman–Crippen LogP) is 4.81. The molecule has 0 fully saturated rings. The first-order valence-corrected chi connectivity index (χ1v) is 10.4. The van der Waals surface area contributed by atoms with Crippen LogP contribution in [-0.2, 0) is 10.0 Å². The summed E-state index contributed by atoms with van der Waals surface area (Å²) in [5.74, 6) is -0.394. The summed E-state index contributed by atoms with van der Waals surface area (Å²) in [5, 5.41) is 2.79. The SMILES string of the molecule is Cc1cccc(NC(=O)c2ccccc2NS(=O)(=O)c2ccc(Br)cc2)c1. The molecule has 0 saturated heterocycles. The molecule has 5 nitrogen and oxygen atoms in total. The van der Waals surface area contributed by atoms with Crippen molar-refractivity contribution < 1.29 is 13.2 Å². The first-order chi connectivity index (χ1) is 12.8. The molecule has 0 aliphatic rings. The van der Waals surface area contributed by atoms with Crippen LogP contribution < -0.4 is 10.0 Å². The van der Waals surface area contributed by atoms with E-state index in [-0.39, 0.29) is 16.1 Å². The summed E-state index contributed by atoms with van der Waals surface area (Å²) in [6, 6.07) is 20.1. The molecule has 0 bridgehead atoms. The van der Waals surface area contributed by atoms with Crippen LogP contribution in [0.4, 0.5) is 11.4 Å². The minimum absolute atomic E-state index is 0.111. The Labute approximate surface area is 166 Å². The standard InChI is InChI=1S/C20H17BrN2O3S/c1-14-5-4-6-16(13-14)22-20(24)18-7-2-3-8-19(18)23-27(25,26)17-11-9-15(21)10-12-17/h2-13,23H,1H3,(H,22,24). The van der Waals surface area contributed by atoms with Gasteiger partial charge < -0.3 is 5.32 Å². The number of rotatable bonds is 5. The molecule has 3 rings (SSSR count). The smallest absolute Gasteiger partial charge is 0.261 e. The van der Waals surface area contributed by atoms with Gasteiger partial charge in [-0.15, -0.1) is 0 Å². The fourth-order valence-corrected chi connectivity index (χ4v) is 3.85. The average molecular weight is 445 g/mol. The van der Waals surface area contributed by atoms with E-state index in [0.717, 1.165) is 10.0 Å². The molecule has 0 aliphatic carbocycles. The molecule has 27 heavy (non-hydrogen) atoms. The van der Waals surface area contributed by atoms with Crippen LogP contribution >= 0.6 is 15.9 Å². The lowest BCUT2D eigenvalue weighted by atomic mass is 10.1. The third-order valence-corrected chi connectivity index (χ3v) is 5.73. The van der Waals surface area contributed by atoms with Crippen molar-refractivity contribution in [3.05, 3.63) is 88.4 Å². The summed E-state index contributed by atoms with van der Waals surface area (Å²) in [5.41, 5.74) is 2.10. The zero-order chi connectivity index (χ0) is 19.4. The van der Waals surface area contributed by atoms with E-state index in [2.05, 4.69) is 26.0 Å². The maximum Gasteiger partial charge on any atom is 0.261 e. The summed E-state index contributed by atoms with van der Waals surface area (Å²) in [4.78, 5) is 12.8. The molecule has 3 aromatic carbocycles. The van der Waals surface area contributed by atoms with Crippen LogP contribution in [0.5, 0.6) is 0 Å². The van der Waals surface area contributed by atoms with Crippen molar-refractivity contribution in [2.75, 3.05) is 10.0 Å². The van der Waals surface area contributed by atoms with Crippen molar-refractivity contribution >= 4 is 43.2 Å². The molecule has 138 valence electrons. The van der Waals surface area contributed by atoms with Crippen LogP contribution in [0.1, 0.15) is 15.9 Å². The van der Waals surface area contributed by atoms with E-state index in [1.807, 2.05) is 25.1 Å². The molecule has 0 heterocycles. The lowest BCUT2D eigenvalue weighted by molar-refractivity contribution is 0.102. The highest BCUT2D eigenvalue weighted by molar-refractivity contribution is 9.10. The number of anilines is 2. The van der Waals surface area contributed by atoms with Gasteiger partial charge in [-0.2, -0.15) is 0 Å². The van der Waals surface area contributed by atoms with Crippen LogP contribution in [0.3, 0.4) is 0 Å². The van der Waals surface area contributed by atoms with Gasteiger partial charge in [0, 0.05) is 10.2 Å². The summed E-state index contributed by atoms with van der Waals surface area (Å²) < 4.78 is 28.5. The average Bonchev–Trinajstić information content (AvgIpc) is 2.62. The van der Waals surface area contributed by atoms with Crippen molar-refractivity contribution in [1.29, 1.82) is 0 Å². The second kappa shape index (κ2) is 7.94. The summed E-state index contributed by atoms with van der Waals surface area (Å²) >= 11 is 3.28. The van der Waals surface area contributed by atoms with E-state index in [9.17, 15) is 13.2 Å². The van der Waals surface area contributed by atoms with Gasteiger partial charge in [-0.1, -0.05) is 40.2 Å². The Hall–Kier alpha value is -2.64. The van der Waals surface area contributed by atoms with Gasteiger partial charge in [-0.05, 0) is 61.0 Å². The highest BCUT2D eigenvalue weighted by atomic mass is 79.9. The van der Waals surface area contributed by atoms with Crippen LogP contribution in [0, 0.1) is 6.92 Å². The zero-order valence-electron chi connectivity index (χ0n) is 14.4. The Balaban J connectivity index is 1.87. The van der Waals surface area contributed by atoms with Crippen LogP contribution in [0.25, 0.3) is 0 Å². The fourth-order valence-electron chi connectivity index (χ4n) is 2.51. The Morgan fingerprint density at radius 1 is 0.926 bits per heavy atom. The molecule has 2 N–H and O–H groups in total. The number of carbonyl (C=O) groups is 1. The summed E-state index contributed by atoms with van der Waals surface area (Å²) in [6.45, 7) is 1.93. The van der Waals surface area contributed by atoms with Gasteiger partial charge in [-0.3, -0.25) is 9.52 Å². The molecule has 0 radical (unpaired) electrons. The summed E-state index contributed by atoms with van der Waals surface area (Å²) in [7, 11) is -3.82. The van der Waals surface area contributed by atoms with Gasteiger partial charge >= 0.3 is 0 Å². The largest absolute Gasteiger partial charge is 0.322 e. The topological polar surface area (TPSA) is 75.3 Å². The van der Waals surface area contributed by atoms with Gasteiger partial charge in [0.25, 0.3) is 15.9 Å². The molecule has 7 heteroatoms. The highest BCUT2D eigenvalue weighted by Crippen LogP contribution is 2.22. The van der Waals surface area contributed by atoms with E-state index in [4.69, 9.17) is 0 Å². The Morgan fingerprint density at radius 2 is 1.63 bits per heavy atom. The van der Waals surface area contributed by atoms with Crippen molar-refractivity contribution in [1.82, 2.24) is 0 Å². The molecule has 0 atom stereocenters. The summed E-state index contributed by atoms with van der Waals surface area (Å²) in [6.07, 6.45) is 0. The number of para-hydroxylation sites is 1. The monoisotopic (exact) mass is 444 g/mol. The van der Waals surface area contributed by atoms with Crippen molar-refractivity contribution in [2.45, 2.75) is 11.8 Å². The number of hydrogen-bond donors (Lipinski definition) is 2. The number of benzene rings is 3. The first kappa shape index (κ1) is 19.1. The number of aryl methyl sites for hydroxylation is 1. The minimum Gasteiger partial charge on any atom is -0.322 e. The molecule has 3 aromatic rings. The number of carbonyl (C=O) groups excluding carboxylic acids is 1. The number of amides is 1. The van der Waals surface area contributed by atoms with Crippen LogP contribution in [0.2, 0.25) is 0 Å². The van der Waals surface area contributed by atoms with E-state index < -0.39 is 15.9 Å². The number of nitrogens with one attached hydrogen (secondary N) is 2. The molecule has 0 unspecified atom stereocenters. The Kier molecular flexibility index (Phi) is 5.62. The van der Waals surface area contributed by atoms with Gasteiger partial charge in [-0.25, -0.2) is 8.42 Å². The van der Waals surface area contributed by atoms with Gasteiger partial charge in [0.05, 0.1) is 16.1 Å². The van der Waals surface area contributed by atoms with Crippen LogP contribution in [-0.4, -0.2) is 14.3 Å². The molecular weight excluding hydrogens is 428 g/mol. The molecule has 1 amide bonds. The first-order valence-electron chi connectivity index (χ1n) is 8.10. The van der Waals surface area contributed by atoms with Crippen molar-refractivity contribution in [3.8, 4) is 0 Å². The molecule has 0 saturated carbocycles. The highest BCUT2D eigenvalue weighted by Gasteiger charge is 2.18. The second-order valence-electron chi connectivity index (χ2n) is 5.93. The number of sulfonamides is 1. The molecule has 0 spiro atoms. The minimum atomic E-state index is -3.82. The van der Waals surface area contributed by atoms with E-state index in [1.165, 1.54) is 12.1 Å². The number of halogens is 1. The molecular formula is C20H17BrN2O3S. The zero-order valence-corrected chi connectivity index (χ0v) is 16.8. The van der Waals surface area contributed by atoms with Crippen LogP contribution in [0.15, 0.2) is 82.2 Å². The fraction of sp³-hybridized carbons (Fsp3) is 0.0500. The second-order valence-corrected chi connectivity index (χ2v) is 8.53. The Bertz CT molecular complexity index is 1080. The third kappa shape index (κ3) is 4.75. The van der Waals surface area contributed by atoms with Crippen molar-refractivity contribution in [2.24, 2.45) is 0 Å². The molecule has 0 aromatic heterocycles. The molecule has 0 aliphatic heterocycles. The Morgan fingerprint density at radius 3 is 2.33 bits per heavy atom. The van der Waals surface area contributed by atoms with Crippen molar-refractivity contribution in [3.63, 3.8) is 0 Å². The van der Waals surface area contributed by atoms with E-state index in [1.54, 1.807) is 42.5 Å². The van der Waals surface area contributed by atoms with Gasteiger partial charge in [0.15, 0.2) is 0 Å². The van der Waals surface area contributed by atoms with Gasteiger partial charge in [0.2, 0.25) is 0 Å². The quantitative estimate of drug-likeness (QED) is 0.592. The lowest BCUT2D eigenvalue weighted by Gasteiger charge is -2.13. The van der Waals surface area contributed by atoms with Gasteiger partial charge in [0.1, 0.15) is 0 Å². The van der Waals surface area contributed by atoms with E-state index >= 15 is 0 Å². The van der Waals surface area contributed by atoms with E-state index in [0.29, 0.717) is 5.69 Å². The maximum atomic E-state index is 12.7. The maximum absolute atomic E-state index is 12.7. The number of hydrogen-bond acceptors (Lipinski definition) is 3. The lowest BCUT2D eigenvalue weighted by Crippen LogP contribution is -2.18. The predicted molar refractivity (Wildman–Crippen MR) is 111 cm³/mol.